The summed E-state index contributed by atoms with van der Waals surface area (Å²) in [6, 6.07) is 12.3. The molecule has 2 aromatic heterocycles. The van der Waals surface area contributed by atoms with Crippen molar-refractivity contribution in [1.29, 1.82) is 0 Å². The summed E-state index contributed by atoms with van der Waals surface area (Å²) in [5.41, 5.74) is 1.49. The van der Waals surface area contributed by atoms with Gasteiger partial charge in [-0.3, -0.25) is 19.4 Å². The van der Waals surface area contributed by atoms with Crippen LogP contribution < -0.4 is 21.3 Å². The molecule has 3 aromatic rings. The van der Waals surface area contributed by atoms with Crippen LogP contribution in [0.5, 0.6) is 0 Å². The van der Waals surface area contributed by atoms with E-state index in [0.717, 1.165) is 43.4 Å². The Morgan fingerprint density at radius 3 is 2.26 bits per heavy atom. The molecule has 1 aromatic carbocycles. The molecule has 6 N–H and O–H groups in total. The van der Waals surface area contributed by atoms with Crippen molar-refractivity contribution in [1.82, 2.24) is 36.2 Å². The Morgan fingerprint density at radius 2 is 1.61 bits per heavy atom. The van der Waals surface area contributed by atoms with E-state index in [1.54, 1.807) is 33.2 Å². The van der Waals surface area contributed by atoms with Gasteiger partial charge in [0.25, 0.3) is 0 Å². The zero-order valence-electron chi connectivity index (χ0n) is 34.5. The van der Waals surface area contributed by atoms with Gasteiger partial charge >= 0.3 is 6.09 Å². The van der Waals surface area contributed by atoms with E-state index < -0.39 is 47.7 Å². The third-order valence-electron chi connectivity index (χ3n) is 10.7. The number of pyridine rings is 1. The lowest BCUT2D eigenvalue weighted by Crippen LogP contribution is -2.57. The molecule has 13 heteroatoms. The molecule has 57 heavy (non-hydrogen) atoms. The molecule has 0 aliphatic heterocycles. The highest BCUT2D eigenvalue weighted by atomic mass is 16.6. The SMILES string of the molecule is CC(C)[C@@H](CCCC(=O)NCc1ccccn1)C[C@H](O)[C@H](CC1CCCCC1)NC(=O)[C@H](Cc1cnc[nH]1)NC(=O)[C@H](Cc1ccccc1)NC(=O)OC(C)(C)C. The van der Waals surface area contributed by atoms with E-state index in [2.05, 4.69) is 50.1 Å². The lowest BCUT2D eigenvalue weighted by molar-refractivity contribution is -0.131. The molecule has 1 aliphatic carbocycles. The number of H-pyrrole nitrogens is 1. The first-order chi connectivity index (χ1) is 27.3. The van der Waals surface area contributed by atoms with Crippen molar-refractivity contribution >= 4 is 23.8 Å². The second-order valence-electron chi connectivity index (χ2n) is 16.9. The summed E-state index contributed by atoms with van der Waals surface area (Å²) in [5, 5.41) is 23.7. The van der Waals surface area contributed by atoms with Crippen LogP contribution in [0.15, 0.2) is 67.3 Å². The smallest absolute Gasteiger partial charge is 0.408 e. The molecule has 5 atom stereocenters. The van der Waals surface area contributed by atoms with Gasteiger partial charge in [-0.25, -0.2) is 9.78 Å². The van der Waals surface area contributed by atoms with Crippen LogP contribution in [0, 0.1) is 17.8 Å². The molecule has 1 fully saturated rings. The predicted molar refractivity (Wildman–Crippen MR) is 220 cm³/mol. The van der Waals surface area contributed by atoms with Gasteiger partial charge in [0.2, 0.25) is 17.7 Å². The summed E-state index contributed by atoms with van der Waals surface area (Å²) in [4.78, 5) is 65.4. The minimum Gasteiger partial charge on any atom is -0.444 e. The van der Waals surface area contributed by atoms with Crippen LogP contribution in [0.4, 0.5) is 4.79 Å². The summed E-state index contributed by atoms with van der Waals surface area (Å²) in [6.07, 6.45) is 11.9. The molecule has 0 saturated heterocycles. The van der Waals surface area contributed by atoms with Gasteiger partial charge in [-0.1, -0.05) is 82.3 Å². The van der Waals surface area contributed by atoms with E-state index in [-0.39, 0.29) is 30.6 Å². The predicted octanol–water partition coefficient (Wildman–Crippen LogP) is 5.93. The van der Waals surface area contributed by atoms with Crippen molar-refractivity contribution in [3.05, 3.63) is 84.2 Å². The maximum atomic E-state index is 14.4. The molecular formula is C44H65N7O6. The van der Waals surface area contributed by atoms with Crippen molar-refractivity contribution < 1.29 is 29.0 Å². The van der Waals surface area contributed by atoms with Crippen molar-refractivity contribution in [2.24, 2.45) is 17.8 Å². The van der Waals surface area contributed by atoms with Crippen LogP contribution >= 0.6 is 0 Å². The Labute approximate surface area is 338 Å². The molecule has 13 nitrogen and oxygen atoms in total. The van der Waals surface area contributed by atoms with Gasteiger partial charge in [0.05, 0.1) is 30.7 Å². The van der Waals surface area contributed by atoms with Crippen LogP contribution in [0.3, 0.4) is 0 Å². The van der Waals surface area contributed by atoms with Gasteiger partial charge in [-0.05, 0) is 81.9 Å². The molecular weight excluding hydrogens is 723 g/mol. The van der Waals surface area contributed by atoms with Crippen LogP contribution in [0.2, 0.25) is 0 Å². The Morgan fingerprint density at radius 1 is 0.912 bits per heavy atom. The van der Waals surface area contributed by atoms with E-state index in [9.17, 15) is 24.3 Å². The minimum atomic E-state index is -1.04. The fourth-order valence-electron chi connectivity index (χ4n) is 7.49. The van der Waals surface area contributed by atoms with Crippen LogP contribution in [-0.2, 0) is 38.5 Å². The number of hydrogen-bond donors (Lipinski definition) is 6. The van der Waals surface area contributed by atoms with Crippen LogP contribution in [-0.4, -0.2) is 73.7 Å². The number of imidazole rings is 1. The average Bonchev–Trinajstić information content (AvgIpc) is 3.69. The van der Waals surface area contributed by atoms with Crippen LogP contribution in [0.1, 0.15) is 116 Å². The summed E-state index contributed by atoms with van der Waals surface area (Å²) < 4.78 is 5.48. The van der Waals surface area contributed by atoms with Crippen molar-refractivity contribution in [3.8, 4) is 0 Å². The van der Waals surface area contributed by atoms with E-state index in [1.165, 1.54) is 12.7 Å². The number of aromatic amines is 1. The van der Waals surface area contributed by atoms with Gasteiger partial charge in [0.1, 0.15) is 17.7 Å². The first-order valence-electron chi connectivity index (χ1n) is 20.7. The molecule has 4 rings (SSSR count). The first-order valence-corrected chi connectivity index (χ1v) is 20.7. The standard InChI is InChI=1S/C44H65N7O6/c1-30(2)33(19-14-21-40(53)47-28-34-20-12-13-22-46-34)25-39(52)36(23-31-15-8-6-9-16-31)49-42(55)38(26-35-27-45-29-48-35)50-41(54)37(24-32-17-10-7-11-18-32)51-43(56)57-44(3,4)5/h7,10-13,17-18,20,22,27,29-31,33,36-39,52H,6,8-9,14-16,19,21,23-26,28H2,1-5H3,(H,45,48)(H,47,53)(H,49,55)(H,50,54)(H,51,56)/t33-,36-,37-,38-,39-/m0/s1. The number of aromatic nitrogens is 3. The van der Waals surface area contributed by atoms with Gasteiger partial charge in [-0.2, -0.15) is 0 Å². The molecule has 0 bridgehead atoms. The Kier molecular flexibility index (Phi) is 18.0. The Hall–Kier alpha value is -4.78. The van der Waals surface area contributed by atoms with Crippen molar-refractivity contribution in [2.75, 3.05) is 0 Å². The van der Waals surface area contributed by atoms with Gasteiger partial charge in [0.15, 0.2) is 0 Å². The topological polar surface area (TPSA) is 187 Å². The largest absolute Gasteiger partial charge is 0.444 e. The monoisotopic (exact) mass is 787 g/mol. The van der Waals surface area contributed by atoms with Gasteiger partial charge in [-0.15, -0.1) is 0 Å². The zero-order chi connectivity index (χ0) is 41.2. The zero-order valence-corrected chi connectivity index (χ0v) is 34.5. The van der Waals surface area contributed by atoms with E-state index in [4.69, 9.17) is 4.74 Å². The number of amides is 4. The molecule has 0 unspecified atom stereocenters. The fraction of sp³-hybridized carbons (Fsp3) is 0.591. The number of nitrogens with one attached hydrogen (secondary N) is 5. The van der Waals surface area contributed by atoms with E-state index in [0.29, 0.717) is 43.8 Å². The average molecular weight is 788 g/mol. The lowest BCUT2D eigenvalue weighted by Gasteiger charge is -2.34. The summed E-state index contributed by atoms with van der Waals surface area (Å²) >= 11 is 0. The summed E-state index contributed by atoms with van der Waals surface area (Å²) in [7, 11) is 0. The molecule has 1 aliphatic rings. The number of nitrogens with zero attached hydrogens (tertiary/aromatic N) is 2. The third-order valence-corrected chi connectivity index (χ3v) is 10.7. The van der Waals surface area contributed by atoms with E-state index >= 15 is 0 Å². The van der Waals surface area contributed by atoms with Crippen LogP contribution in [0.25, 0.3) is 0 Å². The molecule has 1 saturated carbocycles. The minimum absolute atomic E-state index is 0.0381. The molecule has 0 radical (unpaired) electrons. The third kappa shape index (κ3) is 16.7. The first kappa shape index (κ1) is 44.9. The van der Waals surface area contributed by atoms with Gasteiger partial charge in [0, 0.05) is 37.4 Å². The molecule has 4 amide bonds. The van der Waals surface area contributed by atoms with Crippen molar-refractivity contribution in [3.63, 3.8) is 0 Å². The summed E-state index contributed by atoms with van der Waals surface area (Å²) in [5.74, 6) is -0.296. The lowest BCUT2D eigenvalue weighted by atomic mass is 9.80. The number of alkyl carbamates (subject to hydrolysis) is 1. The van der Waals surface area contributed by atoms with Gasteiger partial charge < -0.3 is 36.1 Å². The highest BCUT2D eigenvalue weighted by molar-refractivity contribution is 5.91. The Bertz CT molecular complexity index is 1640. The fourth-order valence-corrected chi connectivity index (χ4v) is 7.49. The number of aliphatic hydroxyl groups excluding tert-OH is 1. The second kappa shape index (κ2) is 22.8. The number of carbonyl (C=O) groups is 4. The number of hydrogen-bond acceptors (Lipinski definition) is 8. The molecule has 2 heterocycles. The molecule has 312 valence electrons. The van der Waals surface area contributed by atoms with Crippen molar-refractivity contribution in [2.45, 2.75) is 148 Å². The number of carbonyl (C=O) groups excluding carboxylic acids is 4. The number of benzene rings is 1. The quantitative estimate of drug-likeness (QED) is 0.0766. The van der Waals surface area contributed by atoms with E-state index in [1.807, 2.05) is 48.5 Å². The number of aliphatic hydroxyl groups is 1. The summed E-state index contributed by atoms with van der Waals surface area (Å²) in [6.45, 7) is 9.87. The number of rotatable bonds is 21. The highest BCUT2D eigenvalue weighted by Crippen LogP contribution is 2.31. The highest BCUT2D eigenvalue weighted by Gasteiger charge is 2.33. The molecule has 0 spiro atoms. The maximum Gasteiger partial charge on any atom is 0.408 e. The Balaban J connectivity index is 1.47. The maximum absolute atomic E-state index is 14.4. The second-order valence-corrected chi connectivity index (χ2v) is 16.9. The number of ether oxygens (including phenoxy) is 1. The normalized spacial score (nSPS) is 16.1.